The van der Waals surface area contributed by atoms with Gasteiger partial charge in [0, 0.05) is 20.2 Å². The molecule has 1 aromatic carbocycles. The van der Waals surface area contributed by atoms with Crippen molar-refractivity contribution in [3.8, 4) is 0 Å². The predicted molar refractivity (Wildman–Crippen MR) is 99.7 cm³/mol. The Bertz CT molecular complexity index is 791. The fourth-order valence-corrected chi connectivity index (χ4v) is 4.14. The van der Waals surface area contributed by atoms with Gasteiger partial charge >= 0.3 is 0 Å². The molecule has 1 atom stereocenters. The van der Waals surface area contributed by atoms with Gasteiger partial charge < -0.3 is 10.4 Å². The largest absolute Gasteiger partial charge is 0.382 e. The van der Waals surface area contributed by atoms with E-state index in [1.807, 2.05) is 53.9 Å². The van der Waals surface area contributed by atoms with Gasteiger partial charge in [-0.3, -0.25) is 4.79 Å². The molecule has 0 aliphatic carbocycles. The van der Waals surface area contributed by atoms with Crippen molar-refractivity contribution in [2.24, 2.45) is 0 Å². The van der Waals surface area contributed by atoms with Crippen molar-refractivity contribution in [2.45, 2.75) is 26.0 Å². The van der Waals surface area contributed by atoms with Crippen LogP contribution in [0.25, 0.3) is 0 Å². The van der Waals surface area contributed by atoms with Crippen LogP contribution in [0.1, 0.15) is 43.6 Å². The van der Waals surface area contributed by atoms with Crippen LogP contribution in [0.4, 0.5) is 0 Å². The van der Waals surface area contributed by atoms with Gasteiger partial charge in [-0.05, 0) is 47.7 Å². The molecule has 24 heavy (non-hydrogen) atoms. The van der Waals surface area contributed by atoms with Crippen LogP contribution in [0, 0.1) is 0 Å². The minimum Gasteiger partial charge on any atom is -0.382 e. The van der Waals surface area contributed by atoms with E-state index in [1.54, 1.807) is 11.3 Å². The van der Waals surface area contributed by atoms with Crippen molar-refractivity contribution in [2.75, 3.05) is 0 Å². The smallest absolute Gasteiger partial charge is 0.251 e. The number of hydrogen-bond donors (Lipinski definition) is 2. The van der Waals surface area contributed by atoms with Gasteiger partial charge in [-0.25, -0.2) is 0 Å². The van der Waals surface area contributed by atoms with Gasteiger partial charge in [0.1, 0.15) is 6.10 Å². The molecule has 0 saturated carbocycles. The van der Waals surface area contributed by atoms with E-state index in [9.17, 15) is 9.90 Å². The maximum absolute atomic E-state index is 12.2. The Balaban J connectivity index is 1.59. The maximum Gasteiger partial charge on any atom is 0.251 e. The van der Waals surface area contributed by atoms with E-state index in [0.29, 0.717) is 12.1 Å². The molecule has 124 valence electrons. The predicted octanol–water partition coefficient (Wildman–Crippen LogP) is 4.38. The maximum atomic E-state index is 12.2. The minimum atomic E-state index is -0.582. The van der Waals surface area contributed by atoms with E-state index >= 15 is 0 Å². The van der Waals surface area contributed by atoms with Gasteiger partial charge in [0.15, 0.2) is 0 Å². The summed E-state index contributed by atoms with van der Waals surface area (Å²) in [7, 11) is 0. The lowest BCUT2D eigenvalue weighted by Crippen LogP contribution is -2.22. The molecule has 0 saturated heterocycles. The first kappa shape index (κ1) is 16.9. The standard InChI is InChI=1S/C19H19NO2S2/c1-2-13-5-7-14(8-6-13)19(22)20-12-15-9-10-17(24-15)18(21)16-4-3-11-23-16/h3-11,18,21H,2,12H2,1H3,(H,20,22). The summed E-state index contributed by atoms with van der Waals surface area (Å²) in [4.78, 5) is 15.0. The first-order valence-electron chi connectivity index (χ1n) is 7.84. The van der Waals surface area contributed by atoms with Gasteiger partial charge in [0.05, 0.1) is 6.54 Å². The van der Waals surface area contributed by atoms with Gasteiger partial charge in [0.2, 0.25) is 0 Å². The summed E-state index contributed by atoms with van der Waals surface area (Å²) in [6, 6.07) is 15.4. The monoisotopic (exact) mass is 357 g/mol. The van der Waals surface area contributed by atoms with Crippen molar-refractivity contribution in [3.05, 3.63) is 79.7 Å². The third kappa shape index (κ3) is 3.93. The Morgan fingerprint density at radius 1 is 1.12 bits per heavy atom. The minimum absolute atomic E-state index is 0.0774. The number of nitrogens with one attached hydrogen (secondary N) is 1. The molecule has 0 aliphatic heterocycles. The Hall–Kier alpha value is -1.95. The topological polar surface area (TPSA) is 49.3 Å². The number of amides is 1. The number of carbonyl (C=O) groups is 1. The molecule has 5 heteroatoms. The highest BCUT2D eigenvalue weighted by atomic mass is 32.1. The molecule has 1 unspecified atom stereocenters. The number of carbonyl (C=O) groups excluding carboxylic acids is 1. The first-order chi connectivity index (χ1) is 11.7. The molecule has 2 heterocycles. The molecule has 0 fully saturated rings. The second-order valence-electron chi connectivity index (χ2n) is 5.46. The van der Waals surface area contributed by atoms with Crippen molar-refractivity contribution < 1.29 is 9.90 Å². The normalized spacial score (nSPS) is 12.1. The summed E-state index contributed by atoms with van der Waals surface area (Å²) in [5.41, 5.74) is 1.89. The van der Waals surface area contributed by atoms with Crippen molar-refractivity contribution in [1.29, 1.82) is 0 Å². The van der Waals surface area contributed by atoms with Crippen molar-refractivity contribution in [1.82, 2.24) is 5.32 Å². The van der Waals surface area contributed by atoms with Crippen LogP contribution >= 0.6 is 22.7 Å². The zero-order valence-electron chi connectivity index (χ0n) is 13.4. The summed E-state index contributed by atoms with van der Waals surface area (Å²) in [5.74, 6) is -0.0774. The lowest BCUT2D eigenvalue weighted by molar-refractivity contribution is 0.0951. The quantitative estimate of drug-likeness (QED) is 0.688. The molecular weight excluding hydrogens is 338 g/mol. The van der Waals surface area contributed by atoms with Gasteiger partial charge in [-0.1, -0.05) is 25.1 Å². The number of aryl methyl sites for hydroxylation is 1. The second-order valence-corrected chi connectivity index (χ2v) is 7.63. The van der Waals surface area contributed by atoms with Crippen molar-refractivity contribution in [3.63, 3.8) is 0 Å². The Kier molecular flexibility index (Phi) is 5.45. The summed E-state index contributed by atoms with van der Waals surface area (Å²) < 4.78 is 0. The van der Waals surface area contributed by atoms with Crippen LogP contribution in [-0.4, -0.2) is 11.0 Å². The number of aliphatic hydroxyl groups is 1. The molecule has 2 aromatic heterocycles. The third-order valence-corrected chi connectivity index (χ3v) is 5.87. The van der Waals surface area contributed by atoms with Crippen LogP contribution < -0.4 is 5.32 Å². The van der Waals surface area contributed by atoms with Gasteiger partial charge in [-0.15, -0.1) is 22.7 Å². The van der Waals surface area contributed by atoms with Gasteiger partial charge in [-0.2, -0.15) is 0 Å². The Morgan fingerprint density at radius 3 is 2.58 bits per heavy atom. The molecular formula is C19H19NO2S2. The average molecular weight is 358 g/mol. The van der Waals surface area contributed by atoms with Crippen LogP contribution in [0.5, 0.6) is 0 Å². The molecule has 3 nitrogen and oxygen atoms in total. The molecule has 1 amide bonds. The number of hydrogen-bond acceptors (Lipinski definition) is 4. The molecule has 0 radical (unpaired) electrons. The SMILES string of the molecule is CCc1ccc(C(=O)NCc2ccc(C(O)c3cccs3)s2)cc1. The molecule has 0 bridgehead atoms. The highest BCUT2D eigenvalue weighted by Gasteiger charge is 2.14. The van der Waals surface area contributed by atoms with E-state index in [0.717, 1.165) is 21.1 Å². The van der Waals surface area contributed by atoms with Crippen LogP contribution in [0.3, 0.4) is 0 Å². The molecule has 3 rings (SSSR count). The summed E-state index contributed by atoms with van der Waals surface area (Å²) >= 11 is 3.06. The van der Waals surface area contributed by atoms with E-state index in [2.05, 4.69) is 12.2 Å². The number of rotatable bonds is 6. The highest BCUT2D eigenvalue weighted by Crippen LogP contribution is 2.30. The third-order valence-electron chi connectivity index (χ3n) is 3.81. The van der Waals surface area contributed by atoms with E-state index in [1.165, 1.54) is 16.9 Å². The second kappa shape index (κ2) is 7.75. The fraction of sp³-hybridized carbons (Fsp3) is 0.211. The molecule has 0 spiro atoms. The van der Waals surface area contributed by atoms with E-state index in [-0.39, 0.29) is 5.91 Å². The summed E-state index contributed by atoms with van der Waals surface area (Å²) in [6.07, 6.45) is 0.382. The highest BCUT2D eigenvalue weighted by molar-refractivity contribution is 7.12. The Morgan fingerprint density at radius 2 is 1.92 bits per heavy atom. The zero-order valence-corrected chi connectivity index (χ0v) is 15.0. The molecule has 2 N–H and O–H groups in total. The number of aliphatic hydroxyl groups excluding tert-OH is 1. The van der Waals surface area contributed by atoms with Crippen LogP contribution in [-0.2, 0) is 13.0 Å². The van der Waals surface area contributed by atoms with Crippen LogP contribution in [0.2, 0.25) is 0 Å². The lowest BCUT2D eigenvalue weighted by atomic mass is 10.1. The molecule has 3 aromatic rings. The zero-order chi connectivity index (χ0) is 16.9. The summed E-state index contributed by atoms with van der Waals surface area (Å²) in [6.45, 7) is 2.56. The van der Waals surface area contributed by atoms with Crippen LogP contribution in [0.15, 0.2) is 53.9 Å². The van der Waals surface area contributed by atoms with E-state index in [4.69, 9.17) is 0 Å². The lowest BCUT2D eigenvalue weighted by Gasteiger charge is -2.06. The molecule has 0 aliphatic rings. The fourth-order valence-electron chi connectivity index (χ4n) is 2.38. The van der Waals surface area contributed by atoms with E-state index < -0.39 is 6.10 Å². The van der Waals surface area contributed by atoms with Gasteiger partial charge in [0.25, 0.3) is 5.91 Å². The number of benzene rings is 1. The first-order valence-corrected chi connectivity index (χ1v) is 9.54. The Labute approximate surface area is 149 Å². The van der Waals surface area contributed by atoms with Crippen molar-refractivity contribution >= 4 is 28.6 Å². The number of thiophene rings is 2. The summed E-state index contributed by atoms with van der Waals surface area (Å²) in [5, 5.41) is 15.2. The average Bonchev–Trinajstić information content (AvgIpc) is 3.31.